The number of nitrogens with zero attached hydrogens (tertiary/aromatic N) is 1. The van der Waals surface area contributed by atoms with Crippen molar-refractivity contribution in [2.45, 2.75) is 109 Å². The number of ether oxygens (including phenoxy) is 3. The molecular weight excluding hydrogens is 605 g/mol. The van der Waals surface area contributed by atoms with Crippen LogP contribution in [0, 0.1) is 23.7 Å². The summed E-state index contributed by atoms with van der Waals surface area (Å²) in [5.41, 5.74) is 0.276. The smallest absolute Gasteiger partial charge is 0.407 e. The van der Waals surface area contributed by atoms with Gasteiger partial charge in [0.1, 0.15) is 18.3 Å². The average Bonchev–Trinajstić information content (AvgIpc) is 3.51. The lowest BCUT2D eigenvalue weighted by Gasteiger charge is -2.37. The molecule has 0 bridgehead atoms. The highest BCUT2D eigenvalue weighted by molar-refractivity contribution is 5.98. The number of esters is 1. The minimum absolute atomic E-state index is 0.00891. The number of rotatable bonds is 12. The lowest BCUT2D eigenvalue weighted by Crippen LogP contribution is -2.50. The van der Waals surface area contributed by atoms with Gasteiger partial charge in [0.05, 0.1) is 18.2 Å². The highest BCUT2D eigenvalue weighted by Crippen LogP contribution is 2.41. The van der Waals surface area contributed by atoms with Gasteiger partial charge in [-0.15, -0.1) is 0 Å². The van der Waals surface area contributed by atoms with E-state index in [2.05, 4.69) is 10.6 Å². The number of hydrogen-bond donors (Lipinski definition) is 2. The topological polar surface area (TPSA) is 123 Å². The van der Waals surface area contributed by atoms with Crippen molar-refractivity contribution < 1.29 is 37.8 Å². The van der Waals surface area contributed by atoms with Gasteiger partial charge in [0, 0.05) is 38.3 Å². The summed E-state index contributed by atoms with van der Waals surface area (Å²) in [6.07, 6.45) is 8.78. The van der Waals surface area contributed by atoms with E-state index in [0.29, 0.717) is 62.4 Å². The molecule has 0 aromatic heterocycles. The van der Waals surface area contributed by atoms with E-state index in [1.54, 1.807) is 57.0 Å². The first kappa shape index (κ1) is 36.6. The quantitative estimate of drug-likeness (QED) is 0.200. The Morgan fingerprint density at radius 1 is 0.936 bits per heavy atom. The molecule has 3 fully saturated rings. The maximum atomic E-state index is 14.0. The average molecular weight is 660 g/mol. The fourth-order valence-electron chi connectivity index (χ4n) is 7.56. The van der Waals surface area contributed by atoms with Crippen LogP contribution in [0.1, 0.15) is 102 Å². The first-order chi connectivity index (χ1) is 22.5. The second-order valence-electron chi connectivity index (χ2n) is 14.4. The second-order valence-corrected chi connectivity index (χ2v) is 14.4. The molecule has 1 aromatic rings. The predicted molar refractivity (Wildman–Crippen MR) is 177 cm³/mol. The van der Waals surface area contributed by atoms with Crippen LogP contribution >= 0.6 is 0 Å². The number of methoxy groups -OCH3 is 1. The number of likely N-dealkylation sites (tertiary alicyclic amines) is 1. The number of hydrogen-bond acceptors (Lipinski definition) is 7. The van der Waals surface area contributed by atoms with E-state index in [9.17, 15) is 23.6 Å². The number of amides is 3. The van der Waals surface area contributed by atoms with Crippen LogP contribution in [-0.4, -0.2) is 80.0 Å². The molecule has 2 N–H and O–H groups in total. The van der Waals surface area contributed by atoms with Gasteiger partial charge in [-0.3, -0.25) is 9.59 Å². The zero-order valence-corrected chi connectivity index (χ0v) is 28.6. The van der Waals surface area contributed by atoms with E-state index < -0.39 is 36.4 Å². The Kier molecular flexibility index (Phi) is 13.5. The van der Waals surface area contributed by atoms with Gasteiger partial charge in [-0.05, 0) is 94.9 Å². The van der Waals surface area contributed by atoms with E-state index in [1.165, 1.54) is 6.42 Å². The van der Waals surface area contributed by atoms with Gasteiger partial charge in [-0.1, -0.05) is 32.1 Å². The number of anilines is 1. The van der Waals surface area contributed by atoms with Crippen LogP contribution in [0.2, 0.25) is 0 Å². The molecule has 2 aliphatic carbocycles. The molecule has 47 heavy (non-hydrogen) atoms. The zero-order valence-electron chi connectivity index (χ0n) is 28.6. The number of alkyl carbamates (subject to hydrolysis) is 1. The molecule has 10 nitrogen and oxygen atoms in total. The minimum atomic E-state index is -0.698. The third kappa shape index (κ3) is 10.4. The van der Waals surface area contributed by atoms with E-state index >= 15 is 0 Å². The maximum absolute atomic E-state index is 14.0. The molecule has 3 atom stereocenters. The Hall–Kier alpha value is -3.21. The van der Waals surface area contributed by atoms with Gasteiger partial charge < -0.3 is 29.7 Å². The Morgan fingerprint density at radius 2 is 1.62 bits per heavy atom. The zero-order chi connectivity index (χ0) is 34.0. The third-order valence-electron chi connectivity index (χ3n) is 9.92. The van der Waals surface area contributed by atoms with Gasteiger partial charge in [0.15, 0.2) is 0 Å². The van der Waals surface area contributed by atoms with Gasteiger partial charge in [-0.25, -0.2) is 14.0 Å². The molecular formula is C36H54FN3O7. The number of alkyl halides is 1. The molecule has 3 aliphatic rings. The summed E-state index contributed by atoms with van der Waals surface area (Å²) in [7, 11) is 1.60. The monoisotopic (exact) mass is 659 g/mol. The van der Waals surface area contributed by atoms with Crippen molar-refractivity contribution in [1.82, 2.24) is 10.2 Å². The molecule has 1 aromatic carbocycles. The minimum Gasteiger partial charge on any atom is -0.462 e. The van der Waals surface area contributed by atoms with Gasteiger partial charge in [0.25, 0.3) is 0 Å². The van der Waals surface area contributed by atoms with Gasteiger partial charge >= 0.3 is 12.1 Å². The van der Waals surface area contributed by atoms with Crippen molar-refractivity contribution in [2.24, 2.45) is 23.7 Å². The predicted octanol–water partition coefficient (Wildman–Crippen LogP) is 6.29. The molecule has 0 unspecified atom stereocenters. The summed E-state index contributed by atoms with van der Waals surface area (Å²) in [5.74, 6) is -0.493. The number of halogens is 1. The molecule has 262 valence electrons. The van der Waals surface area contributed by atoms with Crippen LogP contribution < -0.4 is 10.6 Å². The number of benzene rings is 1. The van der Waals surface area contributed by atoms with Crippen LogP contribution in [0.4, 0.5) is 14.9 Å². The van der Waals surface area contributed by atoms with Crippen molar-refractivity contribution in [3.63, 3.8) is 0 Å². The second kappa shape index (κ2) is 17.3. The fraction of sp³-hybridized carbons (Fsp3) is 0.722. The van der Waals surface area contributed by atoms with Gasteiger partial charge in [-0.2, -0.15) is 0 Å². The maximum Gasteiger partial charge on any atom is 0.407 e. The standard InChI is InChI=1S/C36H54FN3O7/c1-36(2,3)47-35(44)39-30(23-37)25-11-13-26(14-12-25)33(42)40-20-19-29(24-9-6-5-7-10-24)31(40)32(41)38-28-17-15-27(16-18-28)34(43)46-22-8-21-45-4/h15-18,24-26,29-31H,5-14,19-23H2,1-4H3,(H,38,41)(H,39,44)/t25-,26-,29-,30+,31-/m0/s1. The molecule has 3 amide bonds. The van der Waals surface area contributed by atoms with Crippen molar-refractivity contribution in [3.8, 4) is 0 Å². The Bertz CT molecular complexity index is 1190. The lowest BCUT2D eigenvalue weighted by atomic mass is 9.76. The van der Waals surface area contributed by atoms with Crippen LogP contribution in [0.5, 0.6) is 0 Å². The lowest BCUT2D eigenvalue weighted by molar-refractivity contribution is -0.142. The number of carbonyl (C=O) groups is 4. The van der Waals surface area contributed by atoms with Crippen LogP contribution in [-0.2, 0) is 23.8 Å². The summed E-state index contributed by atoms with van der Waals surface area (Å²) in [6.45, 7) is 5.91. The molecule has 0 radical (unpaired) electrons. The molecule has 2 saturated carbocycles. The Labute approximate surface area is 278 Å². The van der Waals surface area contributed by atoms with Crippen LogP contribution in [0.25, 0.3) is 0 Å². The number of carbonyl (C=O) groups excluding carboxylic acids is 4. The van der Waals surface area contributed by atoms with Gasteiger partial charge in [0.2, 0.25) is 11.8 Å². The number of nitrogens with one attached hydrogen (secondary N) is 2. The summed E-state index contributed by atoms with van der Waals surface area (Å²) < 4.78 is 29.6. The van der Waals surface area contributed by atoms with E-state index in [-0.39, 0.29) is 36.2 Å². The fourth-order valence-corrected chi connectivity index (χ4v) is 7.56. The summed E-state index contributed by atoms with van der Waals surface area (Å²) in [6, 6.07) is 5.41. The first-order valence-corrected chi connectivity index (χ1v) is 17.4. The van der Waals surface area contributed by atoms with E-state index in [1.807, 2.05) is 0 Å². The molecule has 11 heteroatoms. The molecule has 1 saturated heterocycles. The van der Waals surface area contributed by atoms with Crippen molar-refractivity contribution >= 4 is 29.6 Å². The normalized spacial score (nSPS) is 24.3. The van der Waals surface area contributed by atoms with Crippen LogP contribution in [0.15, 0.2) is 24.3 Å². The summed E-state index contributed by atoms with van der Waals surface area (Å²) in [4.78, 5) is 54.5. The van der Waals surface area contributed by atoms with E-state index in [4.69, 9.17) is 14.2 Å². The first-order valence-electron chi connectivity index (χ1n) is 17.4. The van der Waals surface area contributed by atoms with Crippen LogP contribution in [0.3, 0.4) is 0 Å². The SMILES string of the molecule is COCCCOC(=O)c1ccc(NC(=O)[C@@H]2[C@H](C3CCCCC3)CCN2C(=O)[C@H]2CC[C@H]([C@@H](CF)NC(=O)OC(C)(C)C)CC2)cc1. The van der Waals surface area contributed by atoms with Crippen molar-refractivity contribution in [1.29, 1.82) is 0 Å². The summed E-state index contributed by atoms with van der Waals surface area (Å²) in [5, 5.41) is 5.72. The highest BCUT2D eigenvalue weighted by Gasteiger charge is 2.47. The summed E-state index contributed by atoms with van der Waals surface area (Å²) >= 11 is 0. The highest BCUT2D eigenvalue weighted by atomic mass is 19.1. The Morgan fingerprint density at radius 3 is 2.23 bits per heavy atom. The largest absolute Gasteiger partial charge is 0.462 e. The third-order valence-corrected chi connectivity index (χ3v) is 9.92. The molecule has 1 aliphatic heterocycles. The molecule has 0 spiro atoms. The molecule has 1 heterocycles. The van der Waals surface area contributed by atoms with E-state index in [0.717, 1.165) is 32.1 Å². The molecule has 4 rings (SSSR count). The Balaban J connectivity index is 1.39. The van der Waals surface area contributed by atoms with Crippen molar-refractivity contribution in [2.75, 3.05) is 38.9 Å². The van der Waals surface area contributed by atoms with Crippen molar-refractivity contribution in [3.05, 3.63) is 29.8 Å².